The second-order valence-electron chi connectivity index (χ2n) is 5.98. The van der Waals surface area contributed by atoms with E-state index in [1.54, 1.807) is 4.68 Å². The molecule has 3 rings (SSSR count). The average Bonchev–Trinajstić information content (AvgIpc) is 3.23. The Kier molecular flexibility index (Phi) is 6.51. The molecular weight excluding hydrogens is 380 g/mol. The molecule has 0 bridgehead atoms. The number of fused-ring (bicyclic) bond motifs is 1. The molecule has 0 saturated carbocycles. The first-order valence-electron chi connectivity index (χ1n) is 7.99. The van der Waals surface area contributed by atoms with Gasteiger partial charge in [0.1, 0.15) is 4.90 Å². The minimum atomic E-state index is -3.61. The van der Waals surface area contributed by atoms with E-state index in [1.165, 1.54) is 12.4 Å². The van der Waals surface area contributed by atoms with Crippen LogP contribution in [-0.4, -0.2) is 50.5 Å². The molecule has 2 heterocycles. The van der Waals surface area contributed by atoms with Gasteiger partial charge in [0.25, 0.3) is 0 Å². The van der Waals surface area contributed by atoms with E-state index >= 15 is 0 Å². The summed E-state index contributed by atoms with van der Waals surface area (Å²) < 4.78 is 39.9. The molecule has 0 fully saturated rings. The van der Waals surface area contributed by atoms with Crippen LogP contribution in [0.2, 0.25) is 0 Å². The molecule has 1 unspecified atom stereocenters. The van der Waals surface area contributed by atoms with Crippen LogP contribution in [0, 0.1) is 0 Å². The topological polar surface area (TPSA) is 85.7 Å². The van der Waals surface area contributed by atoms with Gasteiger partial charge in [-0.05, 0) is 38.7 Å². The highest BCUT2D eigenvalue weighted by Crippen LogP contribution is 2.35. The Bertz CT molecular complexity index is 854. The van der Waals surface area contributed by atoms with Crippen molar-refractivity contribution in [3.63, 3.8) is 0 Å². The van der Waals surface area contributed by atoms with Crippen molar-refractivity contribution < 1.29 is 17.9 Å². The van der Waals surface area contributed by atoms with E-state index in [0.29, 0.717) is 18.0 Å². The lowest BCUT2D eigenvalue weighted by molar-refractivity contribution is 0.174. The lowest BCUT2D eigenvalue weighted by Crippen LogP contribution is -2.34. The van der Waals surface area contributed by atoms with E-state index in [1.807, 2.05) is 44.1 Å². The SMILES string of the molecule is CCn1cc(S(=O)(=O)NCC(c2ccc3c(c2)OCO3)N(C)C)cn1.Cl. The summed E-state index contributed by atoms with van der Waals surface area (Å²) in [7, 11) is 0.189. The Hall–Kier alpha value is -1.81. The van der Waals surface area contributed by atoms with Crippen molar-refractivity contribution in [3.8, 4) is 11.5 Å². The first kappa shape index (κ1) is 20.5. The molecule has 26 heavy (non-hydrogen) atoms. The smallest absolute Gasteiger partial charge is 0.243 e. The maximum absolute atomic E-state index is 12.5. The highest BCUT2D eigenvalue weighted by molar-refractivity contribution is 7.89. The van der Waals surface area contributed by atoms with Crippen LogP contribution in [0.15, 0.2) is 35.5 Å². The predicted molar refractivity (Wildman–Crippen MR) is 99.3 cm³/mol. The normalized spacial score (nSPS) is 14.3. The van der Waals surface area contributed by atoms with Gasteiger partial charge in [-0.15, -0.1) is 12.4 Å². The van der Waals surface area contributed by atoms with Gasteiger partial charge >= 0.3 is 0 Å². The quantitative estimate of drug-likeness (QED) is 0.757. The first-order valence-corrected chi connectivity index (χ1v) is 9.47. The molecule has 144 valence electrons. The van der Waals surface area contributed by atoms with E-state index in [0.717, 1.165) is 5.56 Å². The minimum Gasteiger partial charge on any atom is -0.454 e. The number of hydrogen-bond acceptors (Lipinski definition) is 6. The Labute approximate surface area is 159 Å². The summed E-state index contributed by atoms with van der Waals surface area (Å²) in [5.74, 6) is 1.38. The Morgan fingerprint density at radius 2 is 2.04 bits per heavy atom. The van der Waals surface area contributed by atoms with Gasteiger partial charge in [0, 0.05) is 25.3 Å². The number of ether oxygens (including phenoxy) is 2. The van der Waals surface area contributed by atoms with Crippen LogP contribution in [0.1, 0.15) is 18.5 Å². The summed E-state index contributed by atoms with van der Waals surface area (Å²) in [6, 6.07) is 5.50. The molecule has 1 atom stereocenters. The molecule has 8 nitrogen and oxygen atoms in total. The molecule has 1 aromatic carbocycles. The summed E-state index contributed by atoms with van der Waals surface area (Å²) in [4.78, 5) is 2.12. The second-order valence-corrected chi connectivity index (χ2v) is 7.74. The lowest BCUT2D eigenvalue weighted by atomic mass is 10.1. The Balaban J connectivity index is 0.00000243. The van der Waals surface area contributed by atoms with Crippen LogP contribution >= 0.6 is 12.4 Å². The van der Waals surface area contributed by atoms with Crippen molar-refractivity contribution in [1.29, 1.82) is 0 Å². The molecule has 2 aromatic rings. The molecular formula is C16H23ClN4O4S. The Morgan fingerprint density at radius 1 is 1.31 bits per heavy atom. The third-order valence-electron chi connectivity index (χ3n) is 4.12. The maximum atomic E-state index is 12.5. The standard InChI is InChI=1S/C16H22N4O4S.ClH/c1-4-20-10-13(8-17-20)25(21,22)18-9-14(19(2)3)12-5-6-15-16(7-12)24-11-23-15;/h5-8,10,14,18H,4,9,11H2,1-3H3;1H. The average molecular weight is 403 g/mol. The molecule has 0 radical (unpaired) electrons. The molecule has 0 saturated heterocycles. The van der Waals surface area contributed by atoms with E-state index in [4.69, 9.17) is 9.47 Å². The number of aryl methyl sites for hydroxylation is 1. The van der Waals surface area contributed by atoms with Gasteiger partial charge in [0.05, 0.1) is 6.20 Å². The van der Waals surface area contributed by atoms with E-state index in [2.05, 4.69) is 9.82 Å². The van der Waals surface area contributed by atoms with Crippen LogP contribution in [0.4, 0.5) is 0 Å². The lowest BCUT2D eigenvalue weighted by Gasteiger charge is -2.25. The molecule has 0 spiro atoms. The van der Waals surface area contributed by atoms with E-state index < -0.39 is 10.0 Å². The summed E-state index contributed by atoms with van der Waals surface area (Å²) in [5, 5.41) is 4.02. The number of halogens is 1. The van der Waals surface area contributed by atoms with Crippen molar-refractivity contribution in [2.24, 2.45) is 0 Å². The van der Waals surface area contributed by atoms with Crippen LogP contribution in [0.5, 0.6) is 11.5 Å². The van der Waals surface area contributed by atoms with Crippen LogP contribution in [0.25, 0.3) is 0 Å². The van der Waals surface area contributed by atoms with Crippen LogP contribution in [-0.2, 0) is 16.6 Å². The third-order valence-corrected chi connectivity index (χ3v) is 5.49. The zero-order chi connectivity index (χ0) is 18.0. The molecule has 0 aliphatic carbocycles. The number of aromatic nitrogens is 2. The number of likely N-dealkylation sites (N-methyl/N-ethyl adjacent to an activating group) is 1. The molecule has 1 aromatic heterocycles. The van der Waals surface area contributed by atoms with Gasteiger partial charge in [0.15, 0.2) is 11.5 Å². The van der Waals surface area contributed by atoms with Gasteiger partial charge in [-0.25, -0.2) is 13.1 Å². The monoisotopic (exact) mass is 402 g/mol. The summed E-state index contributed by atoms with van der Waals surface area (Å²) in [5.41, 5.74) is 0.946. The molecule has 1 aliphatic rings. The van der Waals surface area contributed by atoms with Gasteiger partial charge in [-0.2, -0.15) is 5.10 Å². The number of nitrogens with zero attached hydrogens (tertiary/aromatic N) is 3. The van der Waals surface area contributed by atoms with Gasteiger partial charge in [-0.3, -0.25) is 4.68 Å². The number of rotatable bonds is 7. The second kappa shape index (κ2) is 8.26. The van der Waals surface area contributed by atoms with Crippen molar-refractivity contribution in [1.82, 2.24) is 19.4 Å². The van der Waals surface area contributed by atoms with E-state index in [9.17, 15) is 8.42 Å². The summed E-state index contributed by atoms with van der Waals surface area (Å²) >= 11 is 0. The number of benzene rings is 1. The van der Waals surface area contributed by atoms with Crippen molar-refractivity contribution in [2.75, 3.05) is 27.4 Å². The highest BCUT2D eigenvalue weighted by atomic mass is 35.5. The van der Waals surface area contributed by atoms with Gasteiger partial charge in [-0.1, -0.05) is 6.07 Å². The van der Waals surface area contributed by atoms with Crippen LogP contribution in [0.3, 0.4) is 0 Å². The first-order chi connectivity index (χ1) is 11.9. The minimum absolute atomic E-state index is 0. The largest absolute Gasteiger partial charge is 0.454 e. The van der Waals surface area contributed by atoms with Crippen molar-refractivity contribution in [2.45, 2.75) is 24.4 Å². The fourth-order valence-electron chi connectivity index (χ4n) is 2.65. The predicted octanol–water partition coefficient (Wildman–Crippen LogP) is 1.63. The van der Waals surface area contributed by atoms with E-state index in [-0.39, 0.29) is 36.7 Å². The fraction of sp³-hybridized carbons (Fsp3) is 0.438. The Morgan fingerprint density at radius 3 is 2.69 bits per heavy atom. The third kappa shape index (κ3) is 4.29. The fourth-order valence-corrected chi connectivity index (χ4v) is 3.64. The van der Waals surface area contributed by atoms with Crippen LogP contribution < -0.4 is 14.2 Å². The maximum Gasteiger partial charge on any atom is 0.243 e. The summed E-state index contributed by atoms with van der Waals surface area (Å²) in [6.07, 6.45) is 2.88. The summed E-state index contributed by atoms with van der Waals surface area (Å²) in [6.45, 7) is 2.96. The molecule has 10 heteroatoms. The number of sulfonamides is 1. The zero-order valence-electron chi connectivity index (χ0n) is 14.9. The van der Waals surface area contributed by atoms with Gasteiger partial charge in [0.2, 0.25) is 16.8 Å². The molecule has 0 amide bonds. The van der Waals surface area contributed by atoms with Crippen molar-refractivity contribution >= 4 is 22.4 Å². The van der Waals surface area contributed by atoms with Gasteiger partial charge < -0.3 is 14.4 Å². The van der Waals surface area contributed by atoms with Crippen molar-refractivity contribution in [3.05, 3.63) is 36.2 Å². The molecule has 1 aliphatic heterocycles. The number of hydrogen-bond donors (Lipinski definition) is 1. The number of nitrogens with one attached hydrogen (secondary N) is 1. The zero-order valence-corrected chi connectivity index (χ0v) is 16.5. The molecule has 1 N–H and O–H groups in total. The highest BCUT2D eigenvalue weighted by Gasteiger charge is 2.23.